The topological polar surface area (TPSA) is 104 Å². The first-order valence-corrected chi connectivity index (χ1v) is 8.54. The number of furan rings is 1. The Balaban J connectivity index is 1.93. The van der Waals surface area contributed by atoms with Crippen molar-refractivity contribution in [3.8, 4) is 0 Å². The van der Waals surface area contributed by atoms with E-state index in [1.165, 1.54) is 25.3 Å². The lowest BCUT2D eigenvalue weighted by Gasteiger charge is -2.19. The number of ether oxygens (including phenoxy) is 3. The molecular formula is C20H23NO7. The van der Waals surface area contributed by atoms with Crippen molar-refractivity contribution in [2.45, 2.75) is 39.9 Å². The van der Waals surface area contributed by atoms with E-state index in [2.05, 4.69) is 10.1 Å². The van der Waals surface area contributed by atoms with Crippen molar-refractivity contribution < 1.29 is 33.0 Å². The minimum atomic E-state index is -0.605. The van der Waals surface area contributed by atoms with Crippen LogP contribution in [0.25, 0.3) is 0 Å². The zero-order valence-corrected chi connectivity index (χ0v) is 16.5. The van der Waals surface area contributed by atoms with Gasteiger partial charge in [0.15, 0.2) is 0 Å². The fraction of sp³-hybridized carbons (Fsp3) is 0.350. The number of benzene rings is 1. The summed E-state index contributed by atoms with van der Waals surface area (Å²) in [6.45, 7) is 6.78. The van der Waals surface area contributed by atoms with E-state index in [1.54, 1.807) is 39.8 Å². The molecule has 0 bridgehead atoms. The third-order valence-corrected chi connectivity index (χ3v) is 3.49. The summed E-state index contributed by atoms with van der Waals surface area (Å²) in [6, 6.07) is 7.63. The first kappa shape index (κ1) is 21.0. The fourth-order valence-corrected chi connectivity index (χ4v) is 2.26. The Kier molecular flexibility index (Phi) is 6.45. The highest BCUT2D eigenvalue weighted by Gasteiger charge is 2.18. The summed E-state index contributed by atoms with van der Waals surface area (Å²) < 4.78 is 20.4. The Bertz CT molecular complexity index is 860. The first-order valence-electron chi connectivity index (χ1n) is 8.54. The van der Waals surface area contributed by atoms with E-state index >= 15 is 0 Å². The van der Waals surface area contributed by atoms with Gasteiger partial charge in [-0.25, -0.2) is 14.4 Å². The molecule has 0 aliphatic carbocycles. The Hall–Kier alpha value is -3.29. The molecule has 0 atom stereocenters. The molecule has 0 aliphatic heterocycles. The first-order chi connectivity index (χ1) is 13.1. The zero-order chi connectivity index (χ0) is 20.9. The van der Waals surface area contributed by atoms with Crippen LogP contribution >= 0.6 is 0 Å². The summed E-state index contributed by atoms with van der Waals surface area (Å²) in [5.74, 6) is -0.380. The van der Waals surface area contributed by atoms with Crippen molar-refractivity contribution in [3.63, 3.8) is 0 Å². The fourth-order valence-electron chi connectivity index (χ4n) is 2.26. The highest BCUT2D eigenvalue weighted by atomic mass is 16.6. The Morgan fingerprint density at radius 2 is 1.71 bits per heavy atom. The smallest absolute Gasteiger partial charge is 0.412 e. The van der Waals surface area contributed by atoms with Gasteiger partial charge in [0.05, 0.1) is 12.7 Å². The summed E-state index contributed by atoms with van der Waals surface area (Å²) >= 11 is 0. The minimum Gasteiger partial charge on any atom is -0.465 e. The van der Waals surface area contributed by atoms with E-state index < -0.39 is 23.6 Å². The molecule has 0 spiro atoms. The molecule has 2 aromatic rings. The summed E-state index contributed by atoms with van der Waals surface area (Å²) in [4.78, 5) is 35.5. The number of anilines is 1. The molecule has 8 nitrogen and oxygen atoms in total. The van der Waals surface area contributed by atoms with Gasteiger partial charge in [0, 0.05) is 5.69 Å². The van der Waals surface area contributed by atoms with E-state index in [9.17, 15) is 14.4 Å². The number of carbonyl (C=O) groups excluding carboxylic acids is 3. The average Bonchev–Trinajstić information content (AvgIpc) is 2.98. The Morgan fingerprint density at radius 3 is 2.29 bits per heavy atom. The van der Waals surface area contributed by atoms with Crippen LogP contribution in [0, 0.1) is 6.92 Å². The third kappa shape index (κ3) is 5.87. The molecule has 1 N–H and O–H groups in total. The Labute approximate surface area is 162 Å². The van der Waals surface area contributed by atoms with Crippen molar-refractivity contribution in [1.29, 1.82) is 0 Å². The second kappa shape index (κ2) is 8.60. The van der Waals surface area contributed by atoms with Gasteiger partial charge in [-0.1, -0.05) is 0 Å². The molecule has 1 amide bonds. The van der Waals surface area contributed by atoms with Gasteiger partial charge in [-0.05, 0) is 58.0 Å². The van der Waals surface area contributed by atoms with Gasteiger partial charge in [0.2, 0.25) is 0 Å². The lowest BCUT2D eigenvalue weighted by molar-refractivity contribution is 0.0443. The molecule has 0 fully saturated rings. The largest absolute Gasteiger partial charge is 0.465 e. The molecule has 2 rings (SSSR count). The molecule has 28 heavy (non-hydrogen) atoms. The van der Waals surface area contributed by atoms with Gasteiger partial charge in [-0.2, -0.15) is 0 Å². The van der Waals surface area contributed by atoms with Gasteiger partial charge in [-0.15, -0.1) is 0 Å². The van der Waals surface area contributed by atoms with Crippen LogP contribution in [-0.4, -0.2) is 30.7 Å². The number of hydrogen-bond acceptors (Lipinski definition) is 7. The second-order valence-electron chi connectivity index (χ2n) is 6.95. The maximum Gasteiger partial charge on any atom is 0.412 e. The van der Waals surface area contributed by atoms with E-state index in [0.717, 1.165) is 0 Å². The molecule has 0 saturated heterocycles. The lowest BCUT2D eigenvalue weighted by atomic mass is 10.2. The van der Waals surface area contributed by atoms with Gasteiger partial charge in [0.25, 0.3) is 0 Å². The Morgan fingerprint density at radius 1 is 1.07 bits per heavy atom. The van der Waals surface area contributed by atoms with Crippen LogP contribution in [0.2, 0.25) is 0 Å². The SMILES string of the molecule is COC(=O)c1cc(COC(=O)c2ccc(NC(=O)OC(C)(C)C)cc2)oc1C. The van der Waals surface area contributed by atoms with Crippen LogP contribution in [0.1, 0.15) is 53.0 Å². The van der Waals surface area contributed by atoms with Crippen molar-refractivity contribution in [3.05, 3.63) is 53.0 Å². The second-order valence-corrected chi connectivity index (χ2v) is 6.95. The molecule has 150 valence electrons. The maximum absolute atomic E-state index is 12.2. The maximum atomic E-state index is 12.2. The number of amides is 1. The quantitative estimate of drug-likeness (QED) is 0.607. The van der Waals surface area contributed by atoms with Crippen molar-refractivity contribution in [2.24, 2.45) is 0 Å². The monoisotopic (exact) mass is 389 g/mol. The summed E-state index contributed by atoms with van der Waals surface area (Å²) in [7, 11) is 1.27. The standard InChI is InChI=1S/C20H23NO7/c1-12-16(18(23)25-5)10-15(27-12)11-26-17(22)13-6-8-14(9-7-13)21-19(24)28-20(2,3)4/h6-10H,11H2,1-5H3,(H,21,24). The van der Waals surface area contributed by atoms with Crippen LogP contribution in [0.4, 0.5) is 10.5 Å². The number of esters is 2. The number of nitrogens with one attached hydrogen (secondary N) is 1. The predicted octanol–water partition coefficient (Wildman–Crippen LogP) is 4.08. The van der Waals surface area contributed by atoms with Gasteiger partial charge in [-0.3, -0.25) is 5.32 Å². The summed E-state index contributed by atoms with van der Waals surface area (Å²) in [5.41, 5.74) is 0.457. The minimum absolute atomic E-state index is 0.130. The molecule has 1 aromatic carbocycles. The normalized spacial score (nSPS) is 10.9. The van der Waals surface area contributed by atoms with Crippen molar-refractivity contribution in [1.82, 2.24) is 0 Å². The van der Waals surface area contributed by atoms with Gasteiger partial charge >= 0.3 is 18.0 Å². The van der Waals surface area contributed by atoms with Crippen LogP contribution in [0.5, 0.6) is 0 Å². The van der Waals surface area contributed by atoms with E-state index in [0.29, 0.717) is 22.8 Å². The van der Waals surface area contributed by atoms with Crippen LogP contribution < -0.4 is 5.32 Å². The molecule has 0 aliphatic rings. The molecule has 1 heterocycles. The van der Waals surface area contributed by atoms with E-state index in [-0.39, 0.29) is 12.2 Å². The molecule has 1 aromatic heterocycles. The molecule has 0 saturated carbocycles. The zero-order valence-electron chi connectivity index (χ0n) is 16.5. The summed E-state index contributed by atoms with van der Waals surface area (Å²) in [5, 5.41) is 2.58. The highest BCUT2D eigenvalue weighted by Crippen LogP contribution is 2.18. The molecular weight excluding hydrogens is 366 g/mol. The van der Waals surface area contributed by atoms with Crippen LogP contribution in [0.15, 0.2) is 34.7 Å². The average molecular weight is 389 g/mol. The molecule has 0 unspecified atom stereocenters. The lowest BCUT2D eigenvalue weighted by Crippen LogP contribution is -2.27. The van der Waals surface area contributed by atoms with Gasteiger partial charge in [0.1, 0.15) is 29.3 Å². The highest BCUT2D eigenvalue weighted by molar-refractivity contribution is 5.91. The number of rotatable bonds is 5. The van der Waals surface area contributed by atoms with Crippen molar-refractivity contribution in [2.75, 3.05) is 12.4 Å². The number of hydrogen-bond donors (Lipinski definition) is 1. The molecule has 8 heteroatoms. The van der Waals surface area contributed by atoms with Gasteiger partial charge < -0.3 is 18.6 Å². The van der Waals surface area contributed by atoms with E-state index in [4.69, 9.17) is 13.9 Å². The number of aryl methyl sites for hydroxylation is 1. The van der Waals surface area contributed by atoms with E-state index in [1.807, 2.05) is 0 Å². The van der Waals surface area contributed by atoms with Crippen molar-refractivity contribution >= 4 is 23.7 Å². The third-order valence-electron chi connectivity index (χ3n) is 3.49. The number of methoxy groups -OCH3 is 1. The number of carbonyl (C=O) groups is 3. The molecule has 0 radical (unpaired) electrons. The predicted molar refractivity (Wildman–Crippen MR) is 100 cm³/mol. The van der Waals surface area contributed by atoms with Crippen LogP contribution in [0.3, 0.4) is 0 Å². The van der Waals surface area contributed by atoms with Crippen LogP contribution in [-0.2, 0) is 20.8 Å². The summed E-state index contributed by atoms with van der Waals surface area (Å²) in [6.07, 6.45) is -0.586.